The normalized spacial score (nSPS) is 11.2. The van der Waals surface area contributed by atoms with Crippen LogP contribution in [0.3, 0.4) is 0 Å². The van der Waals surface area contributed by atoms with E-state index in [1.54, 1.807) is 6.92 Å². The minimum atomic E-state index is -0.528. The third-order valence-electron chi connectivity index (χ3n) is 2.60. The van der Waals surface area contributed by atoms with Crippen LogP contribution in [0.15, 0.2) is 39.7 Å². The molecule has 1 heterocycles. The molecule has 0 aliphatic heterocycles. The Hall–Kier alpha value is -2.41. The molecule has 0 aliphatic rings. The van der Waals surface area contributed by atoms with Crippen molar-refractivity contribution in [2.24, 2.45) is 4.99 Å². The Morgan fingerprint density at radius 3 is 2.71 bits per heavy atom. The van der Waals surface area contributed by atoms with Gasteiger partial charge in [-0.05, 0) is 12.5 Å². The lowest BCUT2D eigenvalue weighted by atomic mass is 10.2. The summed E-state index contributed by atoms with van der Waals surface area (Å²) in [5.74, 6) is -0.131. The van der Waals surface area contributed by atoms with Crippen LogP contribution in [0.25, 0.3) is 0 Å². The number of hydrogen-bond acceptors (Lipinski definition) is 5. The zero-order valence-electron chi connectivity index (χ0n) is 11.6. The largest absolute Gasteiger partial charge is 0.465 e. The Morgan fingerprint density at radius 1 is 1.33 bits per heavy atom. The third kappa shape index (κ3) is 4.03. The number of benzene rings is 1. The van der Waals surface area contributed by atoms with Crippen molar-refractivity contribution < 1.29 is 18.7 Å². The number of hydrogen-bond donors (Lipinski definition) is 1. The lowest BCUT2D eigenvalue weighted by Crippen LogP contribution is -2.20. The van der Waals surface area contributed by atoms with E-state index in [-0.39, 0.29) is 4.87 Å². The van der Waals surface area contributed by atoms with Gasteiger partial charge in [-0.1, -0.05) is 41.7 Å². The fraction of sp³-hybridized carbons (Fsp3) is 0.214. The number of esters is 1. The maximum Gasteiger partial charge on any atom is 0.351 e. The Kier molecular flexibility index (Phi) is 4.89. The number of ether oxygens (including phenoxy) is 1. The highest BCUT2D eigenvalue weighted by molar-refractivity contribution is 7.11. The lowest BCUT2D eigenvalue weighted by Gasteiger charge is -2.00. The summed E-state index contributed by atoms with van der Waals surface area (Å²) in [6.45, 7) is 1.99. The molecule has 21 heavy (non-hydrogen) atoms. The number of methoxy groups -OCH3 is 1. The number of nitrogens with zero attached hydrogens (tertiary/aromatic N) is 1. The predicted molar refractivity (Wildman–Crippen MR) is 76.9 cm³/mol. The summed E-state index contributed by atoms with van der Waals surface area (Å²) in [5, 5.41) is 2.64. The Morgan fingerprint density at radius 2 is 2.05 bits per heavy atom. The summed E-state index contributed by atoms with van der Waals surface area (Å²) in [7, 11) is 1.28. The van der Waals surface area contributed by atoms with E-state index < -0.39 is 12.0 Å². The first-order valence-corrected chi connectivity index (χ1v) is 6.97. The third-order valence-corrected chi connectivity index (χ3v) is 3.61. The van der Waals surface area contributed by atoms with Crippen molar-refractivity contribution in [1.29, 1.82) is 0 Å². The van der Waals surface area contributed by atoms with Gasteiger partial charge in [-0.25, -0.2) is 9.59 Å². The molecule has 6 nitrogen and oxygen atoms in total. The van der Waals surface area contributed by atoms with Crippen molar-refractivity contribution in [3.8, 4) is 0 Å². The molecule has 0 saturated carbocycles. The molecule has 0 aliphatic carbocycles. The Bertz CT molecular complexity index is 703. The molecule has 2 aromatic rings. The van der Waals surface area contributed by atoms with Gasteiger partial charge in [-0.3, -0.25) is 0 Å². The second-order valence-corrected chi connectivity index (χ2v) is 5.06. The number of nitrogens with one attached hydrogen (secondary N) is 1. The first kappa shape index (κ1) is 15.0. The average Bonchev–Trinajstić information content (AvgIpc) is 2.86. The van der Waals surface area contributed by atoms with E-state index in [0.717, 1.165) is 16.9 Å². The van der Waals surface area contributed by atoms with Gasteiger partial charge in [-0.2, -0.15) is 0 Å². The Balaban J connectivity index is 2.06. The monoisotopic (exact) mass is 306 g/mol. The number of aryl methyl sites for hydroxylation is 1. The van der Waals surface area contributed by atoms with Gasteiger partial charge in [-0.15, -0.1) is 4.99 Å². The fourth-order valence-electron chi connectivity index (χ4n) is 1.58. The molecule has 0 bridgehead atoms. The first-order valence-electron chi connectivity index (χ1n) is 6.15. The van der Waals surface area contributed by atoms with Crippen LogP contribution in [0.5, 0.6) is 0 Å². The molecule has 0 saturated heterocycles. The summed E-state index contributed by atoms with van der Waals surface area (Å²) in [5.41, 5.74) is 0.968. The van der Waals surface area contributed by atoms with Crippen LogP contribution in [-0.2, 0) is 11.3 Å². The number of amides is 2. The molecular formula is C14H14N2O4S. The maximum atomic E-state index is 11.7. The van der Waals surface area contributed by atoms with Gasteiger partial charge in [0.25, 0.3) is 4.87 Å². The highest BCUT2D eigenvalue weighted by Crippen LogP contribution is 2.11. The molecule has 0 spiro atoms. The van der Waals surface area contributed by atoms with E-state index >= 15 is 0 Å². The van der Waals surface area contributed by atoms with Crippen LogP contribution in [0.2, 0.25) is 0 Å². The van der Waals surface area contributed by atoms with Gasteiger partial charge in [0.1, 0.15) is 5.76 Å². The summed E-state index contributed by atoms with van der Waals surface area (Å²) < 4.78 is 9.86. The van der Waals surface area contributed by atoms with E-state index in [1.165, 1.54) is 7.11 Å². The van der Waals surface area contributed by atoms with Crippen molar-refractivity contribution in [2.45, 2.75) is 13.5 Å². The topological polar surface area (TPSA) is 80.9 Å². The zero-order valence-corrected chi connectivity index (χ0v) is 12.4. The molecular weight excluding hydrogens is 292 g/mol. The summed E-state index contributed by atoms with van der Waals surface area (Å²) in [6.07, 6.45) is 0. The average molecular weight is 306 g/mol. The highest BCUT2D eigenvalue weighted by atomic mass is 32.1. The fourth-order valence-corrected chi connectivity index (χ4v) is 2.40. The molecule has 0 fully saturated rings. The van der Waals surface area contributed by atoms with Crippen LogP contribution < -0.4 is 10.2 Å². The standard InChI is InChI=1S/C14H14N2O4S/c1-9-11(12(17)19-2)21-14(20-9)16-13(18)15-8-10-6-4-3-5-7-10/h3-7H,8H2,1-2H3,(H,15,18)/b16-14-. The van der Waals surface area contributed by atoms with Crippen molar-refractivity contribution >= 4 is 23.3 Å². The zero-order chi connectivity index (χ0) is 15.2. The molecule has 2 amide bonds. The highest BCUT2D eigenvalue weighted by Gasteiger charge is 2.15. The number of urea groups is 1. The van der Waals surface area contributed by atoms with Gasteiger partial charge >= 0.3 is 12.0 Å². The number of carbonyl (C=O) groups excluding carboxylic acids is 2. The van der Waals surface area contributed by atoms with Crippen LogP contribution in [0.4, 0.5) is 4.79 Å². The van der Waals surface area contributed by atoms with Crippen molar-refractivity contribution in [3.63, 3.8) is 0 Å². The first-order chi connectivity index (χ1) is 10.1. The van der Waals surface area contributed by atoms with Gasteiger partial charge in [0, 0.05) is 6.54 Å². The predicted octanol–water partition coefficient (Wildman–Crippen LogP) is 2.25. The molecule has 1 N–H and O–H groups in total. The van der Waals surface area contributed by atoms with E-state index in [4.69, 9.17) is 4.42 Å². The van der Waals surface area contributed by atoms with Gasteiger partial charge in [0.05, 0.1) is 7.11 Å². The van der Waals surface area contributed by atoms with Crippen molar-refractivity contribution in [1.82, 2.24) is 5.32 Å². The molecule has 110 valence electrons. The minimum Gasteiger partial charge on any atom is -0.465 e. The minimum absolute atomic E-state index is 0.110. The van der Waals surface area contributed by atoms with Crippen LogP contribution >= 0.6 is 11.3 Å². The van der Waals surface area contributed by atoms with E-state index in [9.17, 15) is 9.59 Å². The van der Waals surface area contributed by atoms with E-state index in [0.29, 0.717) is 17.2 Å². The van der Waals surface area contributed by atoms with Crippen LogP contribution in [0.1, 0.15) is 21.0 Å². The molecule has 0 atom stereocenters. The van der Waals surface area contributed by atoms with E-state index in [2.05, 4.69) is 15.0 Å². The Labute approximate surface area is 125 Å². The second kappa shape index (κ2) is 6.85. The molecule has 2 rings (SSSR count). The van der Waals surface area contributed by atoms with Gasteiger partial charge in [0.15, 0.2) is 4.88 Å². The van der Waals surface area contributed by atoms with Gasteiger partial charge < -0.3 is 14.5 Å². The quantitative estimate of drug-likeness (QED) is 0.882. The lowest BCUT2D eigenvalue weighted by molar-refractivity contribution is 0.0603. The molecule has 0 radical (unpaired) electrons. The molecule has 1 aromatic carbocycles. The van der Waals surface area contributed by atoms with Crippen LogP contribution in [0, 0.1) is 6.92 Å². The summed E-state index contributed by atoms with van der Waals surface area (Å²) in [6, 6.07) is 8.95. The molecule has 1 aromatic heterocycles. The number of rotatable bonds is 3. The summed E-state index contributed by atoms with van der Waals surface area (Å²) >= 11 is 0.973. The van der Waals surface area contributed by atoms with E-state index in [1.807, 2.05) is 30.3 Å². The van der Waals surface area contributed by atoms with Crippen LogP contribution in [-0.4, -0.2) is 19.1 Å². The van der Waals surface area contributed by atoms with Crippen molar-refractivity contribution in [2.75, 3.05) is 7.11 Å². The van der Waals surface area contributed by atoms with Gasteiger partial charge in [0.2, 0.25) is 0 Å². The summed E-state index contributed by atoms with van der Waals surface area (Å²) in [4.78, 5) is 27.3. The van der Waals surface area contributed by atoms with Crippen molar-refractivity contribution in [3.05, 3.63) is 51.4 Å². The smallest absolute Gasteiger partial charge is 0.351 e. The SMILES string of the molecule is COC(=O)c1s/c(=N\C(=O)NCc2ccccc2)oc1C. The molecule has 0 unspecified atom stereocenters. The maximum absolute atomic E-state index is 11.7. The second-order valence-electron chi connectivity index (χ2n) is 4.10. The number of carbonyl (C=O) groups is 2. The molecule has 7 heteroatoms.